The SMILES string of the molecule is C=CCN(Cc1ccccc1)C(=O)[C@@H]1[C@@H]2CC(C)C3(S2)C(C(=O)N(CC=C)C(C)(C)C)N(CCCCCO)C(=O)[C@H]13. The zero-order valence-electron chi connectivity index (χ0n) is 25.1. The average molecular weight is 582 g/mol. The summed E-state index contributed by atoms with van der Waals surface area (Å²) >= 11 is 1.72. The first-order valence-corrected chi connectivity index (χ1v) is 15.9. The van der Waals surface area contributed by atoms with Crippen LogP contribution in [0.4, 0.5) is 0 Å². The highest BCUT2D eigenvalue weighted by atomic mass is 32.2. The van der Waals surface area contributed by atoms with E-state index in [9.17, 15) is 19.5 Å². The standard InChI is InChI=1S/C33H47N3O4S/c1-7-17-34(22-24-15-11-9-12-16-24)29(38)26-25-21-23(3)33(41-25)27(26)30(39)35(19-13-10-14-20-37)28(33)31(40)36(18-8-2)32(4,5)6/h7-9,11-12,15-16,23,25-28,37H,1-2,10,13-14,17-22H2,3-6H3/t23?,25-,26+,27-,28?,33?/m0/s1. The third-order valence-corrected chi connectivity index (χ3v) is 11.2. The minimum Gasteiger partial charge on any atom is -0.396 e. The summed E-state index contributed by atoms with van der Waals surface area (Å²) in [6, 6.07) is 9.26. The number of hydrogen-bond donors (Lipinski definition) is 1. The van der Waals surface area contributed by atoms with Gasteiger partial charge in [0.2, 0.25) is 17.7 Å². The highest BCUT2D eigenvalue weighted by Crippen LogP contribution is 2.69. The second-order valence-corrected chi connectivity index (χ2v) is 14.3. The van der Waals surface area contributed by atoms with Crippen LogP contribution in [0.25, 0.3) is 0 Å². The Morgan fingerprint density at radius 2 is 1.78 bits per heavy atom. The quantitative estimate of drug-likeness (QED) is 0.274. The second kappa shape index (κ2) is 12.7. The maximum atomic E-state index is 14.6. The number of thioether (sulfide) groups is 1. The van der Waals surface area contributed by atoms with Crippen molar-refractivity contribution in [2.24, 2.45) is 17.8 Å². The van der Waals surface area contributed by atoms with E-state index >= 15 is 0 Å². The fraction of sp³-hybridized carbons (Fsp3) is 0.606. The molecule has 2 bridgehead atoms. The van der Waals surface area contributed by atoms with Crippen molar-refractivity contribution < 1.29 is 19.5 Å². The Bertz CT molecular complexity index is 1140. The first-order valence-electron chi connectivity index (χ1n) is 15.0. The smallest absolute Gasteiger partial charge is 0.247 e. The van der Waals surface area contributed by atoms with Crippen LogP contribution in [0.2, 0.25) is 0 Å². The summed E-state index contributed by atoms with van der Waals surface area (Å²) in [6.07, 6.45) is 6.42. The van der Waals surface area contributed by atoms with Gasteiger partial charge in [-0.15, -0.1) is 24.9 Å². The van der Waals surface area contributed by atoms with Crippen molar-refractivity contribution in [3.05, 3.63) is 61.2 Å². The monoisotopic (exact) mass is 581 g/mol. The lowest BCUT2D eigenvalue weighted by molar-refractivity contribution is -0.146. The van der Waals surface area contributed by atoms with Crippen molar-refractivity contribution in [1.82, 2.24) is 14.7 Å². The van der Waals surface area contributed by atoms with Crippen LogP contribution in [0, 0.1) is 17.8 Å². The van der Waals surface area contributed by atoms with Crippen LogP contribution in [-0.4, -0.2) is 85.3 Å². The number of fused-ring (bicyclic) bond motifs is 1. The number of rotatable bonds is 13. The Kier molecular flexibility index (Phi) is 9.74. The fourth-order valence-electron chi connectivity index (χ4n) is 7.27. The van der Waals surface area contributed by atoms with Gasteiger partial charge in [0.05, 0.1) is 16.6 Å². The van der Waals surface area contributed by atoms with E-state index in [1.165, 1.54) is 0 Å². The second-order valence-electron chi connectivity index (χ2n) is 12.8. The Morgan fingerprint density at radius 1 is 1.10 bits per heavy atom. The maximum Gasteiger partial charge on any atom is 0.247 e. The number of aliphatic hydroxyl groups excluding tert-OH is 1. The molecule has 3 aliphatic heterocycles. The minimum absolute atomic E-state index is 0.0103. The van der Waals surface area contributed by atoms with Gasteiger partial charge >= 0.3 is 0 Å². The summed E-state index contributed by atoms with van der Waals surface area (Å²) < 4.78 is -0.659. The zero-order chi connectivity index (χ0) is 29.9. The lowest BCUT2D eigenvalue weighted by Gasteiger charge is -2.44. The summed E-state index contributed by atoms with van der Waals surface area (Å²) in [6.45, 7) is 17.8. The molecule has 1 aromatic rings. The minimum atomic E-state index is -0.659. The van der Waals surface area contributed by atoms with Crippen LogP contribution in [0.3, 0.4) is 0 Å². The molecule has 3 saturated heterocycles. The first kappa shape index (κ1) is 31.4. The molecule has 3 fully saturated rings. The Labute approximate surface area is 250 Å². The molecule has 3 heterocycles. The number of carbonyl (C=O) groups is 3. The Hall–Kier alpha value is -2.58. The molecule has 3 unspecified atom stereocenters. The maximum absolute atomic E-state index is 14.6. The molecule has 0 radical (unpaired) electrons. The number of likely N-dealkylation sites (tertiary alicyclic amines) is 1. The molecule has 3 aliphatic rings. The van der Waals surface area contributed by atoms with Gasteiger partial charge in [0.1, 0.15) is 6.04 Å². The molecule has 8 heteroatoms. The molecular weight excluding hydrogens is 534 g/mol. The molecule has 1 spiro atoms. The summed E-state index contributed by atoms with van der Waals surface area (Å²) in [7, 11) is 0. The molecule has 1 aromatic carbocycles. The highest BCUT2D eigenvalue weighted by molar-refractivity contribution is 8.02. The van der Waals surface area contributed by atoms with Crippen LogP contribution in [-0.2, 0) is 20.9 Å². The molecule has 3 amide bonds. The fourth-order valence-corrected chi connectivity index (χ4v) is 9.68. The number of benzene rings is 1. The van der Waals surface area contributed by atoms with Gasteiger partial charge in [-0.1, -0.05) is 49.4 Å². The van der Waals surface area contributed by atoms with Crippen LogP contribution in [0.5, 0.6) is 0 Å². The highest BCUT2D eigenvalue weighted by Gasteiger charge is 2.76. The van der Waals surface area contributed by atoms with Crippen molar-refractivity contribution in [1.29, 1.82) is 0 Å². The molecule has 0 aromatic heterocycles. The van der Waals surface area contributed by atoms with Crippen LogP contribution < -0.4 is 0 Å². The third kappa shape index (κ3) is 5.74. The van der Waals surface area contributed by atoms with Crippen molar-refractivity contribution in [3.63, 3.8) is 0 Å². The van der Waals surface area contributed by atoms with E-state index in [0.717, 1.165) is 18.4 Å². The Morgan fingerprint density at radius 3 is 2.39 bits per heavy atom. The Balaban J connectivity index is 1.74. The average Bonchev–Trinajstić information content (AvgIpc) is 3.52. The van der Waals surface area contributed by atoms with Gasteiger partial charge in [-0.25, -0.2) is 0 Å². The molecule has 224 valence electrons. The van der Waals surface area contributed by atoms with Gasteiger partial charge in [0.15, 0.2) is 0 Å². The van der Waals surface area contributed by atoms with E-state index in [1.54, 1.807) is 28.8 Å². The number of aliphatic hydroxyl groups is 1. The molecule has 1 N–H and O–H groups in total. The van der Waals surface area contributed by atoms with Crippen LogP contribution in [0.15, 0.2) is 55.6 Å². The normalized spacial score (nSPS) is 28.5. The summed E-state index contributed by atoms with van der Waals surface area (Å²) in [5.41, 5.74) is 0.574. The lowest BCUT2D eigenvalue weighted by atomic mass is 9.65. The number of amides is 3. The predicted molar refractivity (Wildman–Crippen MR) is 165 cm³/mol. The number of unbranched alkanes of at least 4 members (excludes halogenated alkanes) is 2. The first-order chi connectivity index (χ1) is 19.5. The van der Waals surface area contributed by atoms with Crippen molar-refractivity contribution in [2.45, 2.75) is 81.5 Å². The molecule has 6 atom stereocenters. The zero-order valence-corrected chi connectivity index (χ0v) is 25.9. The van der Waals surface area contributed by atoms with Gasteiger partial charge in [0.25, 0.3) is 0 Å². The van der Waals surface area contributed by atoms with Crippen LogP contribution >= 0.6 is 11.8 Å². The van der Waals surface area contributed by atoms with E-state index < -0.39 is 28.2 Å². The molecule has 41 heavy (non-hydrogen) atoms. The molecular formula is C33H47N3O4S. The van der Waals surface area contributed by atoms with Gasteiger partial charge in [-0.2, -0.15) is 0 Å². The van der Waals surface area contributed by atoms with E-state index in [-0.39, 0.29) is 35.5 Å². The summed E-state index contributed by atoms with van der Waals surface area (Å²) in [5.74, 6) is -1.07. The molecule has 4 rings (SSSR count). The van der Waals surface area contributed by atoms with Gasteiger partial charge in [-0.05, 0) is 57.9 Å². The predicted octanol–water partition coefficient (Wildman–Crippen LogP) is 4.51. The summed E-state index contributed by atoms with van der Waals surface area (Å²) in [4.78, 5) is 48.8. The van der Waals surface area contributed by atoms with Gasteiger partial charge in [-0.3, -0.25) is 14.4 Å². The third-order valence-electron chi connectivity index (χ3n) is 9.09. The van der Waals surface area contributed by atoms with E-state index in [2.05, 4.69) is 20.1 Å². The van der Waals surface area contributed by atoms with Gasteiger partial charge in [0, 0.05) is 43.6 Å². The largest absolute Gasteiger partial charge is 0.396 e. The van der Waals surface area contributed by atoms with Crippen molar-refractivity contribution >= 4 is 29.5 Å². The van der Waals surface area contributed by atoms with Crippen LogP contribution in [0.1, 0.15) is 58.9 Å². The molecule has 0 saturated carbocycles. The number of hydrogen-bond acceptors (Lipinski definition) is 5. The lowest BCUT2D eigenvalue weighted by Crippen LogP contribution is -2.60. The van der Waals surface area contributed by atoms with E-state index in [0.29, 0.717) is 39.0 Å². The number of nitrogens with zero attached hydrogens (tertiary/aromatic N) is 3. The molecule has 0 aliphatic carbocycles. The van der Waals surface area contributed by atoms with E-state index in [1.807, 2.05) is 60.9 Å². The van der Waals surface area contributed by atoms with E-state index in [4.69, 9.17) is 0 Å². The number of carbonyl (C=O) groups excluding carboxylic acids is 3. The molecule has 7 nitrogen and oxygen atoms in total. The topological polar surface area (TPSA) is 81.2 Å². The van der Waals surface area contributed by atoms with Gasteiger partial charge < -0.3 is 19.8 Å². The van der Waals surface area contributed by atoms with Crippen molar-refractivity contribution in [3.8, 4) is 0 Å². The summed E-state index contributed by atoms with van der Waals surface area (Å²) in [5, 5.41) is 9.31. The van der Waals surface area contributed by atoms with Crippen molar-refractivity contribution in [2.75, 3.05) is 26.2 Å².